The molecular weight excluding hydrogens is 468 g/mol. The van der Waals surface area contributed by atoms with Gasteiger partial charge in [-0.05, 0) is 62.1 Å². The summed E-state index contributed by atoms with van der Waals surface area (Å²) in [6.45, 7) is 8.02. The SMILES string of the molecule is CCn1c(=O)n(CC)c2cc(C(=O)N3CCCCCCCN(C(C)=O)c4cc(CO)ccc4C3)ccc21. The van der Waals surface area contributed by atoms with Gasteiger partial charge in [0.25, 0.3) is 5.91 Å². The highest BCUT2D eigenvalue weighted by atomic mass is 16.3. The van der Waals surface area contributed by atoms with Crippen LogP contribution in [0, 0.1) is 0 Å². The van der Waals surface area contributed by atoms with Gasteiger partial charge in [0.2, 0.25) is 5.91 Å². The van der Waals surface area contributed by atoms with Crippen molar-refractivity contribution in [1.29, 1.82) is 0 Å². The minimum atomic E-state index is -0.113. The van der Waals surface area contributed by atoms with Crippen molar-refractivity contribution in [2.45, 2.75) is 79.1 Å². The molecule has 0 saturated heterocycles. The molecule has 1 N–H and O–H groups in total. The van der Waals surface area contributed by atoms with E-state index in [4.69, 9.17) is 0 Å². The molecule has 0 bridgehead atoms. The number of aliphatic hydroxyl groups is 1. The van der Waals surface area contributed by atoms with E-state index in [-0.39, 0.29) is 24.1 Å². The second-order valence-corrected chi connectivity index (χ2v) is 9.76. The first kappa shape index (κ1) is 26.7. The molecule has 0 radical (unpaired) electrons. The molecular formula is C29H38N4O4. The smallest absolute Gasteiger partial charge is 0.329 e. The van der Waals surface area contributed by atoms with Crippen molar-refractivity contribution >= 4 is 28.5 Å². The van der Waals surface area contributed by atoms with Crippen molar-refractivity contribution in [2.75, 3.05) is 18.0 Å². The number of fused-ring (bicyclic) bond motifs is 2. The Balaban J connectivity index is 1.75. The van der Waals surface area contributed by atoms with Crippen LogP contribution in [-0.2, 0) is 31.0 Å². The molecule has 2 aromatic carbocycles. The number of amides is 2. The molecule has 1 aliphatic heterocycles. The van der Waals surface area contributed by atoms with E-state index in [0.717, 1.165) is 60.0 Å². The summed E-state index contributed by atoms with van der Waals surface area (Å²) >= 11 is 0. The predicted octanol–water partition coefficient (Wildman–Crippen LogP) is 4.29. The van der Waals surface area contributed by atoms with E-state index in [9.17, 15) is 19.5 Å². The van der Waals surface area contributed by atoms with Crippen LogP contribution in [0.5, 0.6) is 0 Å². The zero-order chi connectivity index (χ0) is 26.5. The van der Waals surface area contributed by atoms with Crippen molar-refractivity contribution in [3.05, 3.63) is 63.6 Å². The molecule has 2 heterocycles. The molecule has 1 aliphatic rings. The van der Waals surface area contributed by atoms with Gasteiger partial charge in [0.05, 0.1) is 17.6 Å². The number of imidazole rings is 1. The summed E-state index contributed by atoms with van der Waals surface area (Å²) in [5.74, 6) is -0.139. The Hall–Kier alpha value is -3.39. The maximum Gasteiger partial charge on any atom is 0.329 e. The highest BCUT2D eigenvalue weighted by Crippen LogP contribution is 2.27. The van der Waals surface area contributed by atoms with Crippen LogP contribution >= 0.6 is 0 Å². The second kappa shape index (κ2) is 11.8. The van der Waals surface area contributed by atoms with Gasteiger partial charge >= 0.3 is 5.69 Å². The minimum Gasteiger partial charge on any atom is -0.392 e. The number of carbonyl (C=O) groups excluding carboxylic acids is 2. The number of benzene rings is 2. The average molecular weight is 507 g/mol. The fourth-order valence-electron chi connectivity index (χ4n) is 5.35. The molecule has 0 unspecified atom stereocenters. The quantitative estimate of drug-likeness (QED) is 0.572. The number of rotatable bonds is 4. The number of nitrogens with zero attached hydrogens (tertiary/aromatic N) is 4. The highest BCUT2D eigenvalue weighted by Gasteiger charge is 2.23. The maximum absolute atomic E-state index is 13.9. The Morgan fingerprint density at radius 3 is 2.22 bits per heavy atom. The van der Waals surface area contributed by atoms with E-state index in [2.05, 4.69) is 0 Å². The lowest BCUT2D eigenvalue weighted by molar-refractivity contribution is -0.116. The van der Waals surface area contributed by atoms with E-state index in [0.29, 0.717) is 38.3 Å². The lowest BCUT2D eigenvalue weighted by atomic mass is 10.0. The van der Waals surface area contributed by atoms with Crippen molar-refractivity contribution in [1.82, 2.24) is 14.0 Å². The van der Waals surface area contributed by atoms with Gasteiger partial charge in [0, 0.05) is 50.9 Å². The average Bonchev–Trinajstić information content (AvgIpc) is 3.17. The van der Waals surface area contributed by atoms with Crippen LogP contribution in [0.2, 0.25) is 0 Å². The van der Waals surface area contributed by atoms with Crippen molar-refractivity contribution in [3.63, 3.8) is 0 Å². The Labute approximate surface area is 218 Å². The Morgan fingerprint density at radius 1 is 0.865 bits per heavy atom. The number of aryl methyl sites for hydroxylation is 2. The first-order valence-electron chi connectivity index (χ1n) is 13.4. The molecule has 198 valence electrons. The highest BCUT2D eigenvalue weighted by molar-refractivity contribution is 5.98. The summed E-state index contributed by atoms with van der Waals surface area (Å²) in [6, 6.07) is 11.2. The van der Waals surface area contributed by atoms with Gasteiger partial charge in [-0.3, -0.25) is 18.7 Å². The normalized spacial score (nSPS) is 15.2. The van der Waals surface area contributed by atoms with Crippen LogP contribution in [0.25, 0.3) is 11.0 Å². The third kappa shape index (κ3) is 5.49. The molecule has 0 aliphatic carbocycles. The fourth-order valence-corrected chi connectivity index (χ4v) is 5.35. The van der Waals surface area contributed by atoms with Crippen LogP contribution in [-0.4, -0.2) is 44.0 Å². The maximum atomic E-state index is 13.9. The topological polar surface area (TPSA) is 87.8 Å². The first-order valence-corrected chi connectivity index (χ1v) is 13.4. The van der Waals surface area contributed by atoms with Crippen molar-refractivity contribution in [2.24, 2.45) is 0 Å². The number of aliphatic hydroxyl groups excluding tert-OH is 1. The number of hydrogen-bond acceptors (Lipinski definition) is 4. The summed E-state index contributed by atoms with van der Waals surface area (Å²) in [7, 11) is 0. The van der Waals surface area contributed by atoms with Crippen LogP contribution < -0.4 is 10.6 Å². The van der Waals surface area contributed by atoms with Gasteiger partial charge in [0.1, 0.15) is 0 Å². The van der Waals surface area contributed by atoms with Crippen molar-refractivity contribution in [3.8, 4) is 0 Å². The third-order valence-electron chi connectivity index (χ3n) is 7.36. The molecule has 8 nitrogen and oxygen atoms in total. The molecule has 8 heteroatoms. The molecule has 1 aromatic heterocycles. The number of carbonyl (C=O) groups is 2. The van der Waals surface area contributed by atoms with Gasteiger partial charge in [0.15, 0.2) is 0 Å². The van der Waals surface area contributed by atoms with Gasteiger partial charge in [-0.15, -0.1) is 0 Å². The Morgan fingerprint density at radius 2 is 1.54 bits per heavy atom. The summed E-state index contributed by atoms with van der Waals surface area (Å²) < 4.78 is 3.44. The number of aromatic nitrogens is 2. The summed E-state index contributed by atoms with van der Waals surface area (Å²) in [4.78, 5) is 42.9. The van der Waals surface area contributed by atoms with Crippen LogP contribution in [0.15, 0.2) is 41.2 Å². The molecule has 0 saturated carbocycles. The number of anilines is 1. The summed E-state index contributed by atoms with van der Waals surface area (Å²) in [6.07, 6.45) is 4.92. The lowest BCUT2D eigenvalue weighted by Gasteiger charge is -2.29. The zero-order valence-electron chi connectivity index (χ0n) is 22.2. The predicted molar refractivity (Wildman–Crippen MR) is 146 cm³/mol. The standard InChI is InChI=1S/C29H38N4O4/c1-4-31-25-14-13-23(18-27(25)32(5-2)29(31)37)28(36)30-15-9-7-6-8-10-16-33(21(3)35)26-17-22(20-34)11-12-24(26)19-30/h11-14,17-18,34H,4-10,15-16,19-20H2,1-3H3. The molecule has 37 heavy (non-hydrogen) atoms. The molecule has 4 rings (SSSR count). The van der Waals surface area contributed by atoms with Gasteiger partial charge in [-0.1, -0.05) is 31.4 Å². The largest absolute Gasteiger partial charge is 0.392 e. The Kier molecular flexibility index (Phi) is 8.48. The monoisotopic (exact) mass is 506 g/mol. The molecule has 3 aromatic rings. The van der Waals surface area contributed by atoms with Gasteiger partial charge in [-0.2, -0.15) is 0 Å². The Bertz CT molecular complexity index is 1340. The number of hydrogen-bond donors (Lipinski definition) is 1. The van der Waals surface area contributed by atoms with Crippen LogP contribution in [0.4, 0.5) is 5.69 Å². The van der Waals surface area contributed by atoms with E-state index >= 15 is 0 Å². The third-order valence-corrected chi connectivity index (χ3v) is 7.36. The van der Waals surface area contributed by atoms with E-state index < -0.39 is 0 Å². The van der Waals surface area contributed by atoms with Crippen LogP contribution in [0.1, 0.15) is 74.4 Å². The van der Waals surface area contributed by atoms with Crippen LogP contribution in [0.3, 0.4) is 0 Å². The van der Waals surface area contributed by atoms with Gasteiger partial charge in [-0.25, -0.2) is 4.79 Å². The van der Waals surface area contributed by atoms with Gasteiger partial charge < -0.3 is 14.9 Å². The van der Waals surface area contributed by atoms with E-state index in [1.54, 1.807) is 21.0 Å². The second-order valence-electron chi connectivity index (χ2n) is 9.76. The van der Waals surface area contributed by atoms with Crippen molar-refractivity contribution < 1.29 is 14.7 Å². The first-order chi connectivity index (χ1) is 17.9. The summed E-state index contributed by atoms with van der Waals surface area (Å²) in [5, 5.41) is 9.74. The van der Waals surface area contributed by atoms with E-state index in [1.165, 1.54) is 0 Å². The van der Waals surface area contributed by atoms with E-state index in [1.807, 2.05) is 55.1 Å². The minimum absolute atomic E-state index is 0.0466. The lowest BCUT2D eigenvalue weighted by Crippen LogP contribution is -2.35. The molecule has 0 fully saturated rings. The molecule has 2 amide bonds. The summed E-state index contributed by atoms with van der Waals surface area (Å²) in [5.41, 5.74) is 4.46. The fraction of sp³-hybridized carbons (Fsp3) is 0.483. The zero-order valence-corrected chi connectivity index (χ0v) is 22.2. The molecule has 0 spiro atoms. The molecule has 0 atom stereocenters.